The Balaban J connectivity index is 2.55. The van der Waals surface area contributed by atoms with E-state index in [1.54, 1.807) is 5.20 Å². The van der Waals surface area contributed by atoms with Crippen LogP contribution in [0.2, 0.25) is 12.6 Å². The summed E-state index contributed by atoms with van der Waals surface area (Å²) in [5, 5.41) is 1.57. The molecular weight excluding hydrogens is 200 g/mol. The van der Waals surface area contributed by atoms with E-state index in [1.807, 2.05) is 0 Å². The predicted molar refractivity (Wildman–Crippen MR) is 69.5 cm³/mol. The first-order chi connectivity index (χ1) is 7.08. The third-order valence-corrected chi connectivity index (χ3v) is 7.67. The molecule has 2 atom stereocenters. The lowest BCUT2D eigenvalue weighted by atomic mass is 10.2. The van der Waals surface area contributed by atoms with Crippen LogP contribution in [0.15, 0.2) is 11.3 Å². The number of rotatable bonds is 4. The summed E-state index contributed by atoms with van der Waals surface area (Å²) in [7, 11) is -1.49. The van der Waals surface area contributed by atoms with Gasteiger partial charge in [0.2, 0.25) is 8.32 Å². The molecular formula is C13H26OSi. The van der Waals surface area contributed by atoms with E-state index in [1.165, 1.54) is 38.1 Å². The lowest BCUT2D eigenvalue weighted by Gasteiger charge is -2.36. The summed E-state index contributed by atoms with van der Waals surface area (Å²) in [5.41, 5.74) is 0. The largest absolute Gasteiger partial charge is 0.410 e. The van der Waals surface area contributed by atoms with Gasteiger partial charge in [0.1, 0.15) is 0 Å². The van der Waals surface area contributed by atoms with E-state index in [4.69, 9.17) is 4.43 Å². The average Bonchev–Trinajstić information content (AvgIpc) is 2.17. The van der Waals surface area contributed by atoms with Crippen LogP contribution in [0.1, 0.15) is 52.9 Å². The zero-order valence-electron chi connectivity index (χ0n) is 10.8. The van der Waals surface area contributed by atoms with Gasteiger partial charge >= 0.3 is 0 Å². The van der Waals surface area contributed by atoms with E-state index >= 15 is 0 Å². The standard InChI is InChI=1S/C13H26OSi/c1-5-6-7-10-13(3)15(4)11-8-9-12(2)14-15/h10,12H,5-9,11H2,1-4H3. The minimum absolute atomic E-state index is 0.491. The topological polar surface area (TPSA) is 9.23 Å². The van der Waals surface area contributed by atoms with Gasteiger partial charge in [-0.3, -0.25) is 0 Å². The summed E-state index contributed by atoms with van der Waals surface area (Å²) in [5.74, 6) is 0. The highest BCUT2D eigenvalue weighted by molar-refractivity contribution is 6.79. The van der Waals surface area contributed by atoms with Crippen molar-refractivity contribution in [3.63, 3.8) is 0 Å². The van der Waals surface area contributed by atoms with Gasteiger partial charge in [0.25, 0.3) is 0 Å². The first-order valence-electron chi connectivity index (χ1n) is 6.43. The first kappa shape index (κ1) is 13.0. The van der Waals surface area contributed by atoms with Crippen molar-refractivity contribution < 1.29 is 4.43 Å². The van der Waals surface area contributed by atoms with Crippen molar-refractivity contribution in [3.05, 3.63) is 11.3 Å². The van der Waals surface area contributed by atoms with E-state index in [-0.39, 0.29) is 0 Å². The molecule has 0 aromatic heterocycles. The van der Waals surface area contributed by atoms with Crippen molar-refractivity contribution in [2.75, 3.05) is 0 Å². The van der Waals surface area contributed by atoms with Crippen molar-refractivity contribution in [1.82, 2.24) is 0 Å². The molecule has 0 radical (unpaired) electrons. The highest BCUT2D eigenvalue weighted by Crippen LogP contribution is 2.31. The zero-order chi connectivity index (χ0) is 11.3. The van der Waals surface area contributed by atoms with E-state index in [0.717, 1.165) is 0 Å². The van der Waals surface area contributed by atoms with Crippen LogP contribution < -0.4 is 0 Å². The molecule has 0 spiro atoms. The van der Waals surface area contributed by atoms with Gasteiger partial charge in [0.05, 0.1) is 0 Å². The van der Waals surface area contributed by atoms with Gasteiger partial charge in [-0.05, 0) is 39.3 Å². The molecule has 0 aliphatic carbocycles. The maximum absolute atomic E-state index is 6.24. The fourth-order valence-electron chi connectivity index (χ4n) is 2.32. The Morgan fingerprint density at radius 1 is 1.53 bits per heavy atom. The van der Waals surface area contributed by atoms with Crippen LogP contribution in [0, 0.1) is 0 Å². The van der Waals surface area contributed by atoms with Gasteiger partial charge in [0.15, 0.2) is 0 Å². The third kappa shape index (κ3) is 3.76. The molecule has 1 saturated heterocycles. The molecule has 2 heteroatoms. The van der Waals surface area contributed by atoms with Gasteiger partial charge in [-0.15, -0.1) is 0 Å². The average molecular weight is 226 g/mol. The first-order valence-corrected chi connectivity index (χ1v) is 9.05. The monoisotopic (exact) mass is 226 g/mol. The van der Waals surface area contributed by atoms with Gasteiger partial charge in [0, 0.05) is 6.10 Å². The molecule has 88 valence electrons. The Hall–Kier alpha value is -0.0831. The lowest BCUT2D eigenvalue weighted by molar-refractivity contribution is 0.180. The summed E-state index contributed by atoms with van der Waals surface area (Å²) in [6.45, 7) is 9.16. The van der Waals surface area contributed by atoms with Crippen LogP contribution in [0.25, 0.3) is 0 Å². The lowest BCUT2D eigenvalue weighted by Crippen LogP contribution is -2.43. The molecule has 0 aromatic rings. The van der Waals surface area contributed by atoms with Crippen LogP contribution in [0.5, 0.6) is 0 Å². The molecule has 2 unspecified atom stereocenters. The Bertz CT molecular complexity index is 225. The molecule has 1 aliphatic rings. The Morgan fingerprint density at radius 3 is 2.87 bits per heavy atom. The summed E-state index contributed by atoms with van der Waals surface area (Å²) in [4.78, 5) is 0. The number of hydrogen-bond acceptors (Lipinski definition) is 1. The van der Waals surface area contributed by atoms with Crippen molar-refractivity contribution in [2.45, 2.75) is 71.6 Å². The van der Waals surface area contributed by atoms with Gasteiger partial charge in [-0.1, -0.05) is 37.5 Å². The highest BCUT2D eigenvalue weighted by Gasteiger charge is 2.35. The van der Waals surface area contributed by atoms with Crippen molar-refractivity contribution >= 4 is 8.32 Å². The Labute approximate surface area is 96.0 Å². The van der Waals surface area contributed by atoms with E-state index in [9.17, 15) is 0 Å². The predicted octanol–water partition coefficient (Wildman–Crippen LogP) is 4.44. The van der Waals surface area contributed by atoms with Gasteiger partial charge < -0.3 is 4.43 Å². The van der Waals surface area contributed by atoms with Crippen LogP contribution in [-0.2, 0) is 4.43 Å². The second-order valence-corrected chi connectivity index (χ2v) is 9.07. The van der Waals surface area contributed by atoms with E-state index in [2.05, 4.69) is 33.4 Å². The van der Waals surface area contributed by atoms with Crippen LogP contribution in [-0.4, -0.2) is 14.4 Å². The maximum Gasteiger partial charge on any atom is 0.217 e. The molecule has 1 rings (SSSR count). The Kier molecular flexibility index (Phi) is 5.07. The normalized spacial score (nSPS) is 33.1. The number of allylic oxidation sites excluding steroid dienone is 2. The van der Waals surface area contributed by atoms with Crippen molar-refractivity contribution in [3.8, 4) is 0 Å². The molecule has 1 aliphatic heterocycles. The number of unbranched alkanes of at least 4 members (excludes halogenated alkanes) is 2. The van der Waals surface area contributed by atoms with Crippen molar-refractivity contribution in [1.29, 1.82) is 0 Å². The van der Waals surface area contributed by atoms with Gasteiger partial charge in [-0.25, -0.2) is 0 Å². The highest BCUT2D eigenvalue weighted by atomic mass is 28.4. The molecule has 0 saturated carbocycles. The molecule has 0 N–H and O–H groups in total. The van der Waals surface area contributed by atoms with Crippen LogP contribution in [0.3, 0.4) is 0 Å². The fraction of sp³-hybridized carbons (Fsp3) is 0.846. The summed E-state index contributed by atoms with van der Waals surface area (Å²) in [6, 6.07) is 1.33. The molecule has 0 amide bonds. The minimum atomic E-state index is -1.49. The van der Waals surface area contributed by atoms with E-state index < -0.39 is 8.32 Å². The second-order valence-electron chi connectivity index (χ2n) is 5.08. The Morgan fingerprint density at radius 2 is 2.27 bits per heavy atom. The quantitative estimate of drug-likeness (QED) is 0.509. The molecule has 0 bridgehead atoms. The van der Waals surface area contributed by atoms with Gasteiger partial charge in [-0.2, -0.15) is 0 Å². The maximum atomic E-state index is 6.24. The summed E-state index contributed by atoms with van der Waals surface area (Å²) >= 11 is 0. The third-order valence-electron chi connectivity index (χ3n) is 3.57. The molecule has 15 heavy (non-hydrogen) atoms. The number of hydrogen-bond donors (Lipinski definition) is 0. The SMILES string of the molecule is CCCCC=C(C)[Si]1(C)CCCC(C)O1. The molecule has 1 heterocycles. The minimum Gasteiger partial charge on any atom is -0.410 e. The molecule has 1 fully saturated rings. The second kappa shape index (κ2) is 5.85. The molecule has 0 aromatic carbocycles. The van der Waals surface area contributed by atoms with Crippen molar-refractivity contribution in [2.24, 2.45) is 0 Å². The zero-order valence-corrected chi connectivity index (χ0v) is 11.8. The van der Waals surface area contributed by atoms with Crippen LogP contribution >= 0.6 is 0 Å². The summed E-state index contributed by atoms with van der Waals surface area (Å²) in [6.07, 6.45) is 9.39. The van der Waals surface area contributed by atoms with Crippen LogP contribution in [0.4, 0.5) is 0 Å². The molecule has 1 nitrogen and oxygen atoms in total. The summed E-state index contributed by atoms with van der Waals surface area (Å²) < 4.78 is 6.24. The van der Waals surface area contributed by atoms with E-state index in [0.29, 0.717) is 6.10 Å². The smallest absolute Gasteiger partial charge is 0.217 e. The fourth-order valence-corrected chi connectivity index (χ4v) is 5.48.